The molecule has 0 aromatic rings. The smallest absolute Gasteiger partial charge is 0.353 e. The first-order chi connectivity index (χ1) is 6.82. The highest BCUT2D eigenvalue weighted by atomic mass is 32.2. The van der Waals surface area contributed by atoms with Gasteiger partial charge in [0, 0.05) is 0 Å². The largest absolute Gasteiger partial charge is 0.465 e. The molecule has 0 rings (SSSR count). The molecule has 0 heterocycles. The van der Waals surface area contributed by atoms with Gasteiger partial charge in [0.05, 0.1) is 11.9 Å². The highest BCUT2D eigenvalue weighted by Crippen LogP contribution is 2.13. The molecule has 1 atom stereocenters. The maximum Gasteiger partial charge on any atom is 0.353 e. The van der Waals surface area contributed by atoms with Crippen LogP contribution in [0.3, 0.4) is 0 Å². The minimum Gasteiger partial charge on any atom is -0.465 e. The monoisotopic (exact) mass is 233 g/mol. The van der Waals surface area contributed by atoms with Crippen molar-refractivity contribution in [3.63, 3.8) is 0 Å². The minimum absolute atomic E-state index is 0.258. The van der Waals surface area contributed by atoms with Crippen LogP contribution < -0.4 is 0 Å². The van der Waals surface area contributed by atoms with Gasteiger partial charge in [-0.3, -0.25) is 0 Å². The molecule has 0 aliphatic heterocycles. The molecule has 0 aliphatic rings. The first-order valence-electron chi connectivity index (χ1n) is 4.90. The lowest BCUT2D eigenvalue weighted by atomic mass is 10.2. The zero-order chi connectivity index (χ0) is 12.1. The predicted octanol–water partition coefficient (Wildman–Crippen LogP) is 1.86. The maximum absolute atomic E-state index is 11.7. The number of esters is 1. The van der Waals surface area contributed by atoms with Gasteiger partial charge in [0.25, 0.3) is 0 Å². The number of methoxy groups -OCH3 is 1. The summed E-state index contributed by atoms with van der Waals surface area (Å²) in [6, 6.07) is 0. The van der Waals surface area contributed by atoms with Crippen LogP contribution in [-0.2, 0) is 20.5 Å². The van der Waals surface area contributed by atoms with Gasteiger partial charge in [-0.05, 0) is 27.2 Å². The number of hydrogen-bond acceptors (Lipinski definition) is 3. The van der Waals surface area contributed by atoms with Gasteiger partial charge in [-0.2, -0.15) is 4.40 Å². The maximum atomic E-state index is 11.7. The fraction of sp³-hybridized carbons (Fsp3) is 0.800. The molecule has 88 valence electrons. The Morgan fingerprint density at radius 2 is 1.93 bits per heavy atom. The molecule has 0 aliphatic carbocycles. The summed E-state index contributed by atoms with van der Waals surface area (Å²) in [7, 11) is -0.105. The predicted molar refractivity (Wildman–Crippen MR) is 62.3 cm³/mol. The second-order valence-corrected chi connectivity index (χ2v) is 6.05. The molecule has 15 heavy (non-hydrogen) atoms. The Kier molecular flexibility index (Phi) is 5.72. The second-order valence-electron chi connectivity index (χ2n) is 4.14. The van der Waals surface area contributed by atoms with Crippen molar-refractivity contribution in [2.45, 2.75) is 45.3 Å². The van der Waals surface area contributed by atoms with Gasteiger partial charge in [0.15, 0.2) is 0 Å². The van der Waals surface area contributed by atoms with Crippen molar-refractivity contribution in [3.8, 4) is 0 Å². The molecule has 0 aromatic heterocycles. The Labute approximate surface area is 93.7 Å². The number of rotatable bonds is 4. The van der Waals surface area contributed by atoms with Crippen LogP contribution in [0.5, 0.6) is 0 Å². The summed E-state index contributed by atoms with van der Waals surface area (Å²) < 4.78 is 19.7. The van der Waals surface area contributed by atoms with Gasteiger partial charge in [-0.15, -0.1) is 0 Å². The number of nitrogens with zero attached hydrogens (tertiary/aromatic N) is 1. The summed E-state index contributed by atoms with van der Waals surface area (Å²) in [6.45, 7) is 7.37. The first-order valence-corrected chi connectivity index (χ1v) is 6.01. The summed E-state index contributed by atoms with van der Waals surface area (Å²) in [5.41, 5.74) is 0.258. The van der Waals surface area contributed by atoms with Crippen molar-refractivity contribution in [3.05, 3.63) is 0 Å². The van der Waals surface area contributed by atoms with Gasteiger partial charge in [0.2, 0.25) is 0 Å². The van der Waals surface area contributed by atoms with Gasteiger partial charge < -0.3 is 4.74 Å². The molecule has 0 aromatic carbocycles. The van der Waals surface area contributed by atoms with Gasteiger partial charge >= 0.3 is 5.97 Å². The Hall–Kier alpha value is -0.710. The molecule has 0 N–H and O–H groups in total. The van der Waals surface area contributed by atoms with Gasteiger partial charge in [-0.1, -0.05) is 13.3 Å². The van der Waals surface area contributed by atoms with Crippen molar-refractivity contribution < 1.29 is 13.7 Å². The SMILES string of the molecule is CCCC(=NS(=O)C(C)(C)C)C(=O)OC. The number of hydrogen-bond donors (Lipinski definition) is 0. The average Bonchev–Trinajstić information content (AvgIpc) is 2.14. The molecular formula is C10H19NO3S. The summed E-state index contributed by atoms with van der Waals surface area (Å²) in [6.07, 6.45) is 1.27. The van der Waals surface area contributed by atoms with Crippen molar-refractivity contribution >= 4 is 22.7 Å². The standard InChI is InChI=1S/C10H19NO3S/c1-6-7-8(9(12)14-5)11-15(13)10(2,3)4/h6-7H2,1-5H3. The average molecular weight is 233 g/mol. The Bertz CT molecular complexity index is 279. The van der Waals surface area contributed by atoms with Crippen LogP contribution in [0.15, 0.2) is 4.40 Å². The summed E-state index contributed by atoms with van der Waals surface area (Å²) >= 11 is 0. The van der Waals surface area contributed by atoms with Crippen molar-refractivity contribution in [1.82, 2.24) is 0 Å². The first kappa shape index (κ1) is 14.3. The van der Waals surface area contributed by atoms with E-state index in [0.717, 1.165) is 6.42 Å². The Balaban J connectivity index is 4.84. The summed E-state index contributed by atoms with van der Waals surface area (Å²) in [5.74, 6) is -0.491. The van der Waals surface area contributed by atoms with E-state index in [1.54, 1.807) is 0 Å². The lowest BCUT2D eigenvalue weighted by Crippen LogP contribution is -2.24. The molecule has 0 fully saturated rings. The summed E-state index contributed by atoms with van der Waals surface area (Å²) in [5, 5.41) is 0. The third kappa shape index (κ3) is 5.06. The van der Waals surface area contributed by atoms with Crippen LogP contribution in [0.2, 0.25) is 0 Å². The minimum atomic E-state index is -1.40. The van der Waals surface area contributed by atoms with E-state index in [2.05, 4.69) is 9.13 Å². The van der Waals surface area contributed by atoms with Crippen molar-refractivity contribution in [1.29, 1.82) is 0 Å². The molecule has 0 spiro atoms. The lowest BCUT2D eigenvalue weighted by Gasteiger charge is -2.14. The highest BCUT2D eigenvalue weighted by molar-refractivity contribution is 7.85. The van der Waals surface area contributed by atoms with Crippen molar-refractivity contribution in [2.75, 3.05) is 7.11 Å². The number of carbonyl (C=O) groups excluding carboxylic acids is 1. The molecule has 0 radical (unpaired) electrons. The van der Waals surface area contributed by atoms with E-state index in [1.165, 1.54) is 7.11 Å². The molecule has 0 amide bonds. The molecular weight excluding hydrogens is 214 g/mol. The van der Waals surface area contributed by atoms with Gasteiger partial charge in [-0.25, -0.2) is 9.00 Å². The quantitative estimate of drug-likeness (QED) is 0.550. The normalized spacial score (nSPS) is 14.9. The highest BCUT2D eigenvalue weighted by Gasteiger charge is 2.21. The van der Waals surface area contributed by atoms with E-state index in [1.807, 2.05) is 27.7 Å². The van der Waals surface area contributed by atoms with Crippen LogP contribution in [0.1, 0.15) is 40.5 Å². The zero-order valence-corrected chi connectivity index (χ0v) is 10.8. The molecule has 0 bridgehead atoms. The Morgan fingerprint density at radius 3 is 2.27 bits per heavy atom. The third-order valence-electron chi connectivity index (χ3n) is 1.62. The topological polar surface area (TPSA) is 55.7 Å². The third-order valence-corrected chi connectivity index (χ3v) is 3.06. The molecule has 1 unspecified atom stereocenters. The van der Waals surface area contributed by atoms with E-state index in [0.29, 0.717) is 6.42 Å². The fourth-order valence-electron chi connectivity index (χ4n) is 0.777. The van der Waals surface area contributed by atoms with Crippen LogP contribution in [0.25, 0.3) is 0 Å². The van der Waals surface area contributed by atoms with E-state index in [9.17, 15) is 9.00 Å². The second kappa shape index (κ2) is 6.00. The number of ether oxygens (including phenoxy) is 1. The van der Waals surface area contributed by atoms with Crippen LogP contribution in [0, 0.1) is 0 Å². The molecule has 4 nitrogen and oxygen atoms in total. The zero-order valence-electron chi connectivity index (χ0n) is 9.99. The lowest BCUT2D eigenvalue weighted by molar-refractivity contribution is -0.132. The van der Waals surface area contributed by atoms with Crippen LogP contribution >= 0.6 is 0 Å². The van der Waals surface area contributed by atoms with E-state index in [-0.39, 0.29) is 5.71 Å². The Morgan fingerprint density at radius 1 is 1.40 bits per heavy atom. The van der Waals surface area contributed by atoms with E-state index < -0.39 is 21.7 Å². The van der Waals surface area contributed by atoms with Gasteiger partial charge in [0.1, 0.15) is 16.7 Å². The van der Waals surface area contributed by atoms with E-state index >= 15 is 0 Å². The molecule has 0 saturated heterocycles. The van der Waals surface area contributed by atoms with Crippen LogP contribution in [0.4, 0.5) is 0 Å². The summed E-state index contributed by atoms with van der Waals surface area (Å²) in [4.78, 5) is 11.3. The molecule has 0 saturated carbocycles. The molecule has 5 heteroatoms. The van der Waals surface area contributed by atoms with Crippen LogP contribution in [-0.4, -0.2) is 27.7 Å². The van der Waals surface area contributed by atoms with E-state index in [4.69, 9.17) is 0 Å². The fourth-order valence-corrected chi connectivity index (χ4v) is 1.42. The van der Waals surface area contributed by atoms with Crippen molar-refractivity contribution in [2.24, 2.45) is 4.40 Å². The number of carbonyl (C=O) groups is 1.